The van der Waals surface area contributed by atoms with Crippen LogP contribution in [0.5, 0.6) is 5.75 Å². The summed E-state index contributed by atoms with van der Waals surface area (Å²) in [5.41, 5.74) is 10.1. The lowest BCUT2D eigenvalue weighted by Crippen LogP contribution is -2.21. The van der Waals surface area contributed by atoms with E-state index in [-0.39, 0.29) is 23.4 Å². The van der Waals surface area contributed by atoms with Crippen LogP contribution in [-0.2, 0) is 4.79 Å². The third kappa shape index (κ3) is 4.14. The number of hydrogen-bond acceptors (Lipinski definition) is 5. The van der Waals surface area contributed by atoms with Gasteiger partial charge >= 0.3 is 6.61 Å². The zero-order chi connectivity index (χ0) is 14.6. The molecule has 104 valence electrons. The number of nitrogens with zero attached hydrogens (tertiary/aromatic N) is 1. The summed E-state index contributed by atoms with van der Waals surface area (Å²) in [6.07, 6.45) is -0.346. The summed E-state index contributed by atoms with van der Waals surface area (Å²) >= 11 is 0. The molecule has 9 heteroatoms. The molecule has 0 bridgehead atoms. The Bertz CT molecular complexity index is 496. The minimum atomic E-state index is -3.11. The SMILES string of the molecule is NC(=O)CC(N)c1cc([N+](=O)[O-])ccc1OC(F)F. The number of benzene rings is 1. The number of rotatable bonds is 6. The number of nitro groups is 1. The smallest absolute Gasteiger partial charge is 0.387 e. The Morgan fingerprint density at radius 2 is 2.11 bits per heavy atom. The van der Waals surface area contributed by atoms with E-state index in [0.29, 0.717) is 0 Å². The molecule has 1 aromatic carbocycles. The van der Waals surface area contributed by atoms with Gasteiger partial charge in [0.1, 0.15) is 5.75 Å². The average molecular weight is 275 g/mol. The van der Waals surface area contributed by atoms with E-state index < -0.39 is 23.5 Å². The van der Waals surface area contributed by atoms with Crippen molar-refractivity contribution in [3.05, 3.63) is 33.9 Å². The molecule has 1 aromatic rings. The first-order valence-electron chi connectivity index (χ1n) is 5.08. The van der Waals surface area contributed by atoms with Gasteiger partial charge in [-0.2, -0.15) is 8.78 Å². The largest absolute Gasteiger partial charge is 0.434 e. The van der Waals surface area contributed by atoms with Crippen LogP contribution in [0.2, 0.25) is 0 Å². The normalized spacial score (nSPS) is 12.2. The molecule has 0 aromatic heterocycles. The van der Waals surface area contributed by atoms with E-state index in [4.69, 9.17) is 11.5 Å². The molecule has 0 aliphatic carbocycles. The van der Waals surface area contributed by atoms with E-state index in [2.05, 4.69) is 4.74 Å². The fourth-order valence-electron chi connectivity index (χ4n) is 1.47. The van der Waals surface area contributed by atoms with Gasteiger partial charge < -0.3 is 16.2 Å². The predicted octanol–water partition coefficient (Wildman–Crippen LogP) is 1.07. The molecule has 7 nitrogen and oxygen atoms in total. The molecule has 0 aliphatic heterocycles. The Labute approximate surface area is 106 Å². The van der Waals surface area contributed by atoms with Crippen LogP contribution in [-0.4, -0.2) is 17.4 Å². The van der Waals surface area contributed by atoms with Crippen LogP contribution in [0, 0.1) is 10.1 Å². The maximum absolute atomic E-state index is 12.2. The molecule has 0 saturated heterocycles. The van der Waals surface area contributed by atoms with Crippen molar-refractivity contribution in [2.45, 2.75) is 19.1 Å². The molecule has 1 amide bonds. The van der Waals surface area contributed by atoms with E-state index in [1.165, 1.54) is 0 Å². The summed E-state index contributed by atoms with van der Waals surface area (Å²) in [4.78, 5) is 20.7. The lowest BCUT2D eigenvalue weighted by atomic mass is 10.0. The van der Waals surface area contributed by atoms with Crippen LogP contribution in [0.1, 0.15) is 18.0 Å². The molecule has 19 heavy (non-hydrogen) atoms. The van der Waals surface area contributed by atoms with Crippen molar-refractivity contribution in [3.63, 3.8) is 0 Å². The van der Waals surface area contributed by atoms with Crippen molar-refractivity contribution in [3.8, 4) is 5.75 Å². The Hall–Kier alpha value is -2.29. The highest BCUT2D eigenvalue weighted by Crippen LogP contribution is 2.30. The summed E-state index contributed by atoms with van der Waals surface area (Å²) in [7, 11) is 0. The molecule has 0 radical (unpaired) electrons. The molecular formula is C10H11F2N3O4. The molecule has 0 spiro atoms. The quantitative estimate of drug-likeness (QED) is 0.594. The molecule has 4 N–H and O–H groups in total. The summed E-state index contributed by atoms with van der Waals surface area (Å²) < 4.78 is 28.6. The molecule has 1 atom stereocenters. The summed E-state index contributed by atoms with van der Waals surface area (Å²) in [5, 5.41) is 10.6. The van der Waals surface area contributed by atoms with E-state index >= 15 is 0 Å². The molecule has 0 aliphatic rings. The van der Waals surface area contributed by atoms with Crippen LogP contribution < -0.4 is 16.2 Å². The van der Waals surface area contributed by atoms with E-state index in [0.717, 1.165) is 18.2 Å². The van der Waals surface area contributed by atoms with Gasteiger partial charge in [0.15, 0.2) is 0 Å². The summed E-state index contributed by atoms with van der Waals surface area (Å²) in [6.45, 7) is -3.11. The summed E-state index contributed by atoms with van der Waals surface area (Å²) in [6, 6.07) is 1.91. The highest BCUT2D eigenvalue weighted by Gasteiger charge is 2.20. The fraction of sp³-hybridized carbons (Fsp3) is 0.300. The number of nitro benzene ring substituents is 1. The second-order valence-corrected chi connectivity index (χ2v) is 3.63. The van der Waals surface area contributed by atoms with Gasteiger partial charge in [0.05, 0.1) is 4.92 Å². The first-order valence-corrected chi connectivity index (χ1v) is 5.08. The van der Waals surface area contributed by atoms with Gasteiger partial charge in [0.25, 0.3) is 5.69 Å². The number of hydrogen-bond donors (Lipinski definition) is 2. The third-order valence-corrected chi connectivity index (χ3v) is 2.24. The number of carbonyl (C=O) groups excluding carboxylic acids is 1. The van der Waals surface area contributed by atoms with E-state index in [1.54, 1.807) is 0 Å². The van der Waals surface area contributed by atoms with Gasteiger partial charge in [0.2, 0.25) is 5.91 Å². The third-order valence-electron chi connectivity index (χ3n) is 2.24. The average Bonchev–Trinajstić information content (AvgIpc) is 2.27. The minimum absolute atomic E-state index is 0.0756. The first kappa shape index (κ1) is 14.8. The van der Waals surface area contributed by atoms with Gasteiger partial charge in [-0.1, -0.05) is 0 Å². The monoisotopic (exact) mass is 275 g/mol. The van der Waals surface area contributed by atoms with Crippen LogP contribution in [0.4, 0.5) is 14.5 Å². The molecule has 1 unspecified atom stereocenters. The summed E-state index contributed by atoms with van der Waals surface area (Å²) in [5.74, 6) is -1.09. The van der Waals surface area contributed by atoms with E-state index in [1.807, 2.05) is 0 Å². The Morgan fingerprint density at radius 1 is 1.47 bits per heavy atom. The van der Waals surface area contributed by atoms with Gasteiger partial charge in [-0.25, -0.2) is 0 Å². The Morgan fingerprint density at radius 3 is 2.58 bits per heavy atom. The molecule has 0 fully saturated rings. The van der Waals surface area contributed by atoms with Crippen LogP contribution in [0.15, 0.2) is 18.2 Å². The number of halogens is 2. The van der Waals surface area contributed by atoms with Crippen molar-refractivity contribution in [1.82, 2.24) is 0 Å². The van der Waals surface area contributed by atoms with Gasteiger partial charge in [-0.15, -0.1) is 0 Å². The topological polar surface area (TPSA) is 121 Å². The van der Waals surface area contributed by atoms with Gasteiger partial charge in [0, 0.05) is 30.2 Å². The number of ether oxygens (including phenoxy) is 1. The highest BCUT2D eigenvalue weighted by atomic mass is 19.3. The number of carbonyl (C=O) groups is 1. The highest BCUT2D eigenvalue weighted by molar-refractivity contribution is 5.75. The van der Waals surface area contributed by atoms with Crippen molar-refractivity contribution in [1.29, 1.82) is 0 Å². The number of amides is 1. The van der Waals surface area contributed by atoms with Crippen molar-refractivity contribution >= 4 is 11.6 Å². The van der Waals surface area contributed by atoms with E-state index in [9.17, 15) is 23.7 Å². The fourth-order valence-corrected chi connectivity index (χ4v) is 1.47. The zero-order valence-electron chi connectivity index (χ0n) is 9.58. The van der Waals surface area contributed by atoms with Crippen molar-refractivity contribution in [2.24, 2.45) is 11.5 Å². The number of primary amides is 1. The van der Waals surface area contributed by atoms with Gasteiger partial charge in [-0.3, -0.25) is 14.9 Å². The maximum Gasteiger partial charge on any atom is 0.387 e. The van der Waals surface area contributed by atoms with Gasteiger partial charge in [-0.05, 0) is 6.07 Å². The van der Waals surface area contributed by atoms with Crippen molar-refractivity contribution in [2.75, 3.05) is 0 Å². The molecule has 1 rings (SSSR count). The van der Waals surface area contributed by atoms with Crippen LogP contribution in [0.25, 0.3) is 0 Å². The molecular weight excluding hydrogens is 264 g/mol. The Balaban J connectivity index is 3.16. The molecule has 0 saturated carbocycles. The van der Waals surface area contributed by atoms with Crippen molar-refractivity contribution < 1.29 is 23.2 Å². The lowest BCUT2D eigenvalue weighted by molar-refractivity contribution is -0.385. The Kier molecular flexibility index (Phi) is 4.70. The second-order valence-electron chi connectivity index (χ2n) is 3.63. The lowest BCUT2D eigenvalue weighted by Gasteiger charge is -2.15. The maximum atomic E-state index is 12.2. The van der Waals surface area contributed by atoms with Crippen LogP contribution in [0.3, 0.4) is 0 Å². The first-order chi connectivity index (χ1) is 8.81. The standard InChI is InChI=1S/C10H11F2N3O4/c11-10(12)19-8-2-1-5(15(17)18)3-6(8)7(13)4-9(14)16/h1-3,7,10H,4,13H2,(H2,14,16). The molecule has 0 heterocycles. The zero-order valence-corrected chi connectivity index (χ0v) is 9.58. The number of nitrogens with two attached hydrogens (primary N) is 2. The second kappa shape index (κ2) is 6.05. The predicted molar refractivity (Wildman–Crippen MR) is 60.5 cm³/mol. The van der Waals surface area contributed by atoms with Crippen LogP contribution >= 0.6 is 0 Å². The number of non-ortho nitro benzene ring substituents is 1. The minimum Gasteiger partial charge on any atom is -0.434 e. The number of alkyl halides is 2.